The van der Waals surface area contributed by atoms with Gasteiger partial charge in [0.05, 0.1) is 6.10 Å². The average molecular weight is 759 g/mol. The van der Waals surface area contributed by atoms with Gasteiger partial charge in [-0.25, -0.2) is 4.39 Å². The number of halogens is 1. The van der Waals surface area contributed by atoms with Crippen LogP contribution in [0.3, 0.4) is 0 Å². The van der Waals surface area contributed by atoms with Crippen molar-refractivity contribution >= 4 is 91.4 Å². The van der Waals surface area contributed by atoms with Crippen molar-refractivity contribution in [2.45, 2.75) is 109 Å². The molecule has 41 heavy (non-hydrogen) atoms. The van der Waals surface area contributed by atoms with E-state index in [-0.39, 0.29) is 0 Å². The largest absolute Gasteiger partial charge is 0.420 e. The van der Waals surface area contributed by atoms with Gasteiger partial charge >= 0.3 is 17.1 Å². The van der Waals surface area contributed by atoms with Gasteiger partial charge in [-0.05, 0) is 90.4 Å². The molecular weight excluding hydrogens is 704 g/mol. The van der Waals surface area contributed by atoms with E-state index < -0.39 is 104 Å². The highest BCUT2D eigenvalue weighted by molar-refractivity contribution is 6.81. The summed E-state index contributed by atoms with van der Waals surface area (Å²) in [6, 6.07) is 1.60. The summed E-state index contributed by atoms with van der Waals surface area (Å²) in [5, 5.41) is 0. The molecule has 0 bridgehead atoms. The van der Waals surface area contributed by atoms with Gasteiger partial charge in [-0.3, -0.25) is 0 Å². The molecule has 2 aliphatic heterocycles. The van der Waals surface area contributed by atoms with Crippen molar-refractivity contribution < 1.29 is 50.3 Å². The number of hydrogen-bond donors (Lipinski definition) is 0. The zero-order valence-electron chi connectivity index (χ0n) is 26.7. The van der Waals surface area contributed by atoms with Crippen LogP contribution in [0.4, 0.5) is 4.39 Å². The summed E-state index contributed by atoms with van der Waals surface area (Å²) in [7, 11) is -19.3. The van der Waals surface area contributed by atoms with E-state index in [0.717, 1.165) is 31.4 Å². The Hall–Kier alpha value is 1.66. The average Bonchev–Trinajstić information content (AvgIpc) is 2.80. The van der Waals surface area contributed by atoms with Gasteiger partial charge in [-0.2, -0.15) is 0 Å². The maximum absolute atomic E-state index is 13.8. The fourth-order valence-electron chi connectivity index (χ4n) is 5.22. The second kappa shape index (κ2) is 19.3. The minimum absolute atomic E-state index is 0.413. The minimum atomic E-state index is -2.49. The first kappa shape index (κ1) is 38.8. The first-order valence-electron chi connectivity index (χ1n) is 15.0. The molecule has 2 fully saturated rings. The smallest absolute Gasteiger partial charge is 0.317 e. The lowest BCUT2D eigenvalue weighted by Crippen LogP contribution is -2.52. The summed E-state index contributed by atoms with van der Waals surface area (Å²) >= 11 is 0. The van der Waals surface area contributed by atoms with Crippen LogP contribution in [-0.4, -0.2) is 111 Å². The van der Waals surface area contributed by atoms with Gasteiger partial charge in [0.25, 0.3) is 74.3 Å². The fourth-order valence-corrected chi connectivity index (χ4v) is 40.6. The molecule has 11 nitrogen and oxygen atoms in total. The molecule has 0 N–H and O–H groups in total. The van der Waals surface area contributed by atoms with E-state index >= 15 is 0 Å². The maximum Gasteiger partial charge on any atom is 0.317 e. The zero-order valence-corrected chi connectivity index (χ0v) is 38.0. The molecule has 0 aliphatic carbocycles. The Morgan fingerprint density at radius 2 is 0.878 bits per heavy atom. The van der Waals surface area contributed by atoms with Crippen molar-refractivity contribution in [2.75, 3.05) is 13.3 Å². The van der Waals surface area contributed by atoms with Crippen LogP contribution in [-0.2, 0) is 45.9 Å². The third kappa shape index (κ3) is 16.2. The van der Waals surface area contributed by atoms with Crippen LogP contribution in [0.25, 0.3) is 0 Å². The fraction of sp³-hybridized carbons (Fsp3) is 1.00. The topological polar surface area (TPSA) is 102 Å². The molecule has 0 aromatic carbocycles. The van der Waals surface area contributed by atoms with Crippen molar-refractivity contribution in [1.29, 1.82) is 0 Å². The van der Waals surface area contributed by atoms with Crippen LogP contribution < -0.4 is 0 Å². The molecule has 2 rings (SSSR count). The molecule has 0 saturated carbocycles. The quantitative estimate of drug-likeness (QED) is 0.229. The summed E-state index contributed by atoms with van der Waals surface area (Å²) in [6.45, 7) is 20.5. The Labute approximate surface area is 263 Å². The van der Waals surface area contributed by atoms with Crippen LogP contribution in [0.5, 0.6) is 0 Å². The van der Waals surface area contributed by atoms with E-state index in [1.54, 1.807) is 0 Å². The molecule has 244 valence electrons. The standard InChI is InChI=1S/C19H55FO11Si10/c1-32-22-33(2)25-37(6)29-40(9,28-36(5)24-32)16-12-11-14-19(18-20)21-15-13-17-41(10)30-38(7)26-34(3)23-35(4)27-39(8)31-41/h19,32-39H,11-18H2,1-10H3. The van der Waals surface area contributed by atoms with Crippen molar-refractivity contribution in [3.05, 3.63) is 0 Å². The molecule has 0 spiro atoms. The lowest BCUT2D eigenvalue weighted by atomic mass is 10.2. The predicted molar refractivity (Wildman–Crippen MR) is 182 cm³/mol. The highest BCUT2D eigenvalue weighted by Gasteiger charge is 2.39. The second-order valence-electron chi connectivity index (χ2n) is 11.1. The maximum atomic E-state index is 13.8. The molecule has 0 amide bonds. The van der Waals surface area contributed by atoms with Gasteiger partial charge in [0, 0.05) is 6.61 Å². The van der Waals surface area contributed by atoms with E-state index in [0.29, 0.717) is 13.0 Å². The first-order valence-corrected chi connectivity index (χ1v) is 36.8. The van der Waals surface area contributed by atoms with Crippen molar-refractivity contribution in [1.82, 2.24) is 0 Å². The Morgan fingerprint density at radius 1 is 0.537 bits per heavy atom. The third-order valence-electron chi connectivity index (χ3n) is 6.67. The van der Waals surface area contributed by atoms with Gasteiger partial charge in [-0.1, -0.05) is 12.8 Å². The number of unbranched alkanes of at least 4 members (excludes halogenated alkanes) is 1. The minimum Gasteiger partial charge on any atom is -0.420 e. The number of hydrogen-bond acceptors (Lipinski definition) is 11. The molecule has 0 aromatic heterocycles. The van der Waals surface area contributed by atoms with Gasteiger partial charge in [0.1, 0.15) is 6.67 Å². The lowest BCUT2D eigenvalue weighted by Gasteiger charge is -2.36. The van der Waals surface area contributed by atoms with E-state index in [9.17, 15) is 4.39 Å². The van der Waals surface area contributed by atoms with Crippen LogP contribution in [0.15, 0.2) is 0 Å². The SMILES string of the molecule is C[SiH]1O[SiH](C)O[SiH](C)O[Si](C)(CCCCC(CF)OCCC[Si]2(C)O[SiH](C)O[SiH](C)O[SiH](C)O[SiH](C)O2)O[SiH](C)O1. The number of ether oxygens (including phenoxy) is 1. The Kier molecular flexibility index (Phi) is 18.3. The van der Waals surface area contributed by atoms with E-state index in [1.807, 2.05) is 39.3 Å². The monoisotopic (exact) mass is 758 g/mol. The molecule has 9 unspecified atom stereocenters. The lowest BCUT2D eigenvalue weighted by molar-refractivity contribution is 0.0287. The molecule has 2 heterocycles. The summed E-state index contributed by atoms with van der Waals surface area (Å²) < 4.78 is 81.9. The van der Waals surface area contributed by atoms with E-state index in [1.165, 1.54) is 0 Å². The van der Waals surface area contributed by atoms with Crippen LogP contribution in [0, 0.1) is 0 Å². The van der Waals surface area contributed by atoms with Crippen molar-refractivity contribution in [2.24, 2.45) is 0 Å². The summed E-state index contributed by atoms with van der Waals surface area (Å²) in [6.07, 6.45) is 2.75. The highest BCUT2D eigenvalue weighted by atomic mass is 28.5. The molecule has 0 aromatic rings. The summed E-state index contributed by atoms with van der Waals surface area (Å²) in [5.41, 5.74) is 0. The Bertz CT molecular complexity index is 651. The van der Waals surface area contributed by atoms with E-state index in [2.05, 4.69) is 26.2 Å². The van der Waals surface area contributed by atoms with Crippen LogP contribution in [0.1, 0.15) is 25.7 Å². The molecule has 9 atom stereocenters. The summed E-state index contributed by atoms with van der Waals surface area (Å²) in [5.74, 6) is 0. The van der Waals surface area contributed by atoms with E-state index in [4.69, 9.17) is 45.9 Å². The molecular formula is C19H55FO11Si10. The zero-order chi connectivity index (χ0) is 30.6. The van der Waals surface area contributed by atoms with Gasteiger partial charge in [-0.15, -0.1) is 0 Å². The normalized spacial score (nSPS) is 41.0. The van der Waals surface area contributed by atoms with Crippen molar-refractivity contribution in [3.8, 4) is 0 Å². The van der Waals surface area contributed by atoms with Gasteiger partial charge < -0.3 is 45.9 Å². The second-order valence-corrected chi connectivity index (χ2v) is 36.0. The first-order chi connectivity index (χ1) is 19.2. The third-order valence-corrected chi connectivity index (χ3v) is 40.9. The van der Waals surface area contributed by atoms with Crippen LogP contribution in [0.2, 0.25) is 77.6 Å². The van der Waals surface area contributed by atoms with Crippen molar-refractivity contribution in [3.63, 3.8) is 0 Å². The molecule has 2 aliphatic rings. The Morgan fingerprint density at radius 3 is 1.24 bits per heavy atom. The van der Waals surface area contributed by atoms with Gasteiger partial charge in [0.2, 0.25) is 0 Å². The number of alkyl halides is 1. The molecule has 0 radical (unpaired) electrons. The number of rotatable bonds is 11. The highest BCUT2D eigenvalue weighted by Crippen LogP contribution is 2.24. The molecule has 22 heteroatoms. The molecule has 2 saturated heterocycles. The van der Waals surface area contributed by atoms with Crippen LogP contribution >= 0.6 is 0 Å². The Balaban J connectivity index is 1.79. The summed E-state index contributed by atoms with van der Waals surface area (Å²) in [4.78, 5) is 0. The van der Waals surface area contributed by atoms with Gasteiger partial charge in [0.15, 0.2) is 0 Å². The predicted octanol–water partition coefficient (Wildman–Crippen LogP) is 2.04.